The number of amides is 1. The van der Waals surface area contributed by atoms with Crippen molar-refractivity contribution >= 4 is 53.5 Å². The molecule has 2 aromatic carbocycles. The van der Waals surface area contributed by atoms with Crippen LogP contribution >= 0.6 is 31.9 Å². The summed E-state index contributed by atoms with van der Waals surface area (Å²) in [6.07, 6.45) is 6.11. The Kier molecular flexibility index (Phi) is 11.1. The quantitative estimate of drug-likeness (QED) is 0.244. The number of nitrogen functional groups attached to an aromatic ring is 1. The van der Waals surface area contributed by atoms with E-state index in [4.69, 9.17) is 10.5 Å². The summed E-state index contributed by atoms with van der Waals surface area (Å²) >= 11 is 6.96. The van der Waals surface area contributed by atoms with Crippen LogP contribution in [-0.2, 0) is 21.2 Å². The topological polar surface area (TPSA) is 117 Å². The summed E-state index contributed by atoms with van der Waals surface area (Å²) in [6, 6.07) is 12.5. The van der Waals surface area contributed by atoms with Gasteiger partial charge in [-0.3, -0.25) is 10.1 Å². The third kappa shape index (κ3) is 8.89. The van der Waals surface area contributed by atoms with E-state index in [0.29, 0.717) is 37.0 Å². The maximum atomic E-state index is 13.7. The van der Waals surface area contributed by atoms with Crippen molar-refractivity contribution in [3.05, 3.63) is 57.0 Å². The first-order chi connectivity index (χ1) is 18.7. The van der Waals surface area contributed by atoms with Crippen molar-refractivity contribution in [3.8, 4) is 5.75 Å². The molecule has 214 valence electrons. The second kappa shape index (κ2) is 14.3. The van der Waals surface area contributed by atoms with E-state index in [2.05, 4.69) is 46.8 Å². The number of rotatable bonds is 11. The predicted molar refractivity (Wildman–Crippen MR) is 161 cm³/mol. The van der Waals surface area contributed by atoms with Crippen molar-refractivity contribution < 1.29 is 17.9 Å². The third-order valence-electron chi connectivity index (χ3n) is 7.32. The van der Waals surface area contributed by atoms with E-state index in [1.807, 2.05) is 23.1 Å². The number of likely N-dealkylation sites (tertiary alicyclic amines) is 2. The zero-order valence-electron chi connectivity index (χ0n) is 22.0. The number of carbonyl (C=O) groups is 1. The van der Waals surface area contributed by atoms with Gasteiger partial charge in [0.2, 0.25) is 21.9 Å². The summed E-state index contributed by atoms with van der Waals surface area (Å²) in [5.41, 5.74) is 7.53. The van der Waals surface area contributed by atoms with Gasteiger partial charge < -0.3 is 20.3 Å². The van der Waals surface area contributed by atoms with E-state index in [0.717, 1.165) is 40.4 Å². The molecule has 0 aliphatic carbocycles. The van der Waals surface area contributed by atoms with E-state index < -0.39 is 22.0 Å². The molecule has 0 aromatic heterocycles. The van der Waals surface area contributed by atoms with Gasteiger partial charge in [0.25, 0.3) is 0 Å². The smallest absolute Gasteiger partial charge is 0.248 e. The van der Waals surface area contributed by atoms with Crippen molar-refractivity contribution in [3.63, 3.8) is 0 Å². The van der Waals surface area contributed by atoms with Crippen LogP contribution in [0.5, 0.6) is 5.75 Å². The number of carbonyl (C=O) groups excluding carboxylic acids is 1. The summed E-state index contributed by atoms with van der Waals surface area (Å²) in [4.78, 5) is 18.2. The average molecular weight is 687 g/mol. The van der Waals surface area contributed by atoms with Crippen LogP contribution in [0.3, 0.4) is 0 Å². The van der Waals surface area contributed by atoms with E-state index in [1.54, 1.807) is 24.3 Å². The number of ether oxygens (including phenoxy) is 1. The van der Waals surface area contributed by atoms with Gasteiger partial charge in [-0.2, -0.15) is 4.72 Å². The Balaban J connectivity index is 1.38. The number of nitrogens with one attached hydrogen (secondary N) is 2. The zero-order valence-corrected chi connectivity index (χ0v) is 25.9. The standard InChI is InChI=1S/C27H37Br2N5O4S/c28-23-15-20(16-24(29)26(23)30)17-25(31-18-32-39(36,37)19-38-22-7-3-1-4-8-22)27(35)34-13-9-21(10-14-34)33-11-5-2-6-12-33/h1,3-4,7-8,15-16,21,25,31-32H,2,5-6,9-14,17-19,30H2/t25-/m1/s1. The molecule has 0 unspecified atom stereocenters. The van der Waals surface area contributed by atoms with Crippen molar-refractivity contribution in [1.82, 2.24) is 19.8 Å². The molecule has 2 aliphatic rings. The lowest BCUT2D eigenvalue weighted by atomic mass is 9.98. The SMILES string of the molecule is Nc1c(Br)cc(C[C@@H](NCNS(=O)(=O)COc2ccccc2)C(=O)N2CCC(N3CCCCC3)CC2)cc1Br. The number of piperidine rings is 2. The number of hydrogen-bond acceptors (Lipinski definition) is 7. The maximum Gasteiger partial charge on any atom is 0.248 e. The number of nitrogens with two attached hydrogens (primary N) is 1. The van der Waals surface area contributed by atoms with E-state index >= 15 is 0 Å². The van der Waals surface area contributed by atoms with Gasteiger partial charge in [-0.05, 0) is 107 Å². The van der Waals surface area contributed by atoms with E-state index in [-0.39, 0.29) is 12.6 Å². The van der Waals surface area contributed by atoms with Crippen LogP contribution in [0.4, 0.5) is 5.69 Å². The van der Waals surface area contributed by atoms with E-state index in [9.17, 15) is 13.2 Å². The molecular formula is C27H37Br2N5O4S. The van der Waals surface area contributed by atoms with Crippen LogP contribution in [0.25, 0.3) is 0 Å². The molecule has 0 saturated carbocycles. The van der Waals surface area contributed by atoms with Gasteiger partial charge in [-0.1, -0.05) is 24.6 Å². The number of hydrogen-bond donors (Lipinski definition) is 3. The molecule has 0 radical (unpaired) electrons. The monoisotopic (exact) mass is 685 g/mol. The molecule has 2 fully saturated rings. The van der Waals surface area contributed by atoms with Crippen LogP contribution in [-0.4, -0.2) is 75.0 Å². The Morgan fingerprint density at radius 3 is 2.31 bits per heavy atom. The van der Waals surface area contributed by atoms with Crippen LogP contribution < -0.4 is 20.5 Å². The van der Waals surface area contributed by atoms with Gasteiger partial charge >= 0.3 is 0 Å². The number of para-hydroxylation sites is 1. The van der Waals surface area contributed by atoms with Gasteiger partial charge in [-0.15, -0.1) is 0 Å². The number of sulfonamides is 1. The summed E-state index contributed by atoms with van der Waals surface area (Å²) in [5.74, 6) is -0.0774. The molecule has 0 spiro atoms. The van der Waals surface area contributed by atoms with Crippen molar-refractivity contribution in [2.24, 2.45) is 0 Å². The lowest BCUT2D eigenvalue weighted by molar-refractivity contribution is -0.135. The number of benzene rings is 2. The summed E-state index contributed by atoms with van der Waals surface area (Å²) in [6.45, 7) is 3.60. The van der Waals surface area contributed by atoms with Crippen molar-refractivity contribution in [2.75, 3.05) is 44.5 Å². The predicted octanol–water partition coefficient (Wildman–Crippen LogP) is 3.68. The normalized spacial score (nSPS) is 18.2. The Morgan fingerprint density at radius 1 is 1.03 bits per heavy atom. The minimum atomic E-state index is -3.73. The molecule has 2 saturated heterocycles. The fourth-order valence-corrected chi connectivity index (χ4v) is 7.13. The van der Waals surface area contributed by atoms with Crippen LogP contribution in [0.1, 0.15) is 37.7 Å². The molecule has 2 aliphatic heterocycles. The minimum Gasteiger partial charge on any atom is -0.476 e. The highest BCUT2D eigenvalue weighted by atomic mass is 79.9. The average Bonchev–Trinajstić information content (AvgIpc) is 2.95. The molecule has 39 heavy (non-hydrogen) atoms. The molecule has 2 heterocycles. The molecule has 1 atom stereocenters. The summed E-state index contributed by atoms with van der Waals surface area (Å²) in [7, 11) is -3.73. The Labute approximate surface area is 248 Å². The second-order valence-electron chi connectivity index (χ2n) is 10.1. The fourth-order valence-electron chi connectivity index (χ4n) is 5.17. The Bertz CT molecular complexity index is 1180. The zero-order chi connectivity index (χ0) is 27.8. The van der Waals surface area contributed by atoms with Gasteiger partial charge in [0.1, 0.15) is 5.75 Å². The minimum absolute atomic E-state index is 0.0316. The van der Waals surface area contributed by atoms with Crippen molar-refractivity contribution in [2.45, 2.75) is 50.6 Å². The number of anilines is 1. The first-order valence-corrected chi connectivity index (χ1v) is 16.6. The summed E-state index contributed by atoms with van der Waals surface area (Å²) < 4.78 is 34.4. The van der Waals surface area contributed by atoms with Crippen LogP contribution in [0.2, 0.25) is 0 Å². The van der Waals surface area contributed by atoms with E-state index in [1.165, 1.54) is 19.3 Å². The molecule has 12 heteroatoms. The molecule has 0 bridgehead atoms. The molecule has 1 amide bonds. The highest BCUT2D eigenvalue weighted by Crippen LogP contribution is 2.30. The van der Waals surface area contributed by atoms with Crippen molar-refractivity contribution in [1.29, 1.82) is 0 Å². The third-order valence-corrected chi connectivity index (χ3v) is 9.65. The van der Waals surface area contributed by atoms with Gasteiger partial charge in [-0.25, -0.2) is 8.42 Å². The molecule has 4 rings (SSSR count). The highest BCUT2D eigenvalue weighted by Gasteiger charge is 2.31. The van der Waals surface area contributed by atoms with Crippen LogP contribution in [0, 0.1) is 0 Å². The lowest BCUT2D eigenvalue weighted by Crippen LogP contribution is -2.54. The highest BCUT2D eigenvalue weighted by molar-refractivity contribution is 9.11. The lowest BCUT2D eigenvalue weighted by Gasteiger charge is -2.41. The van der Waals surface area contributed by atoms with Gasteiger partial charge in [0, 0.05) is 28.1 Å². The molecule has 9 nitrogen and oxygen atoms in total. The van der Waals surface area contributed by atoms with Gasteiger partial charge in [0.05, 0.1) is 18.4 Å². The maximum absolute atomic E-state index is 13.7. The Hall–Kier alpha value is -1.70. The first-order valence-electron chi connectivity index (χ1n) is 13.4. The molecule has 4 N–H and O–H groups in total. The second-order valence-corrected chi connectivity index (χ2v) is 13.6. The number of halogens is 2. The summed E-state index contributed by atoms with van der Waals surface area (Å²) in [5, 5.41) is 3.14. The fraction of sp³-hybridized carbons (Fsp3) is 0.519. The van der Waals surface area contributed by atoms with Gasteiger partial charge in [0.15, 0.2) is 0 Å². The Morgan fingerprint density at radius 2 is 1.67 bits per heavy atom. The largest absolute Gasteiger partial charge is 0.476 e. The molecule has 2 aromatic rings. The number of nitrogens with zero attached hydrogens (tertiary/aromatic N) is 2. The first kappa shape index (κ1) is 30.3. The molecular weight excluding hydrogens is 650 g/mol. The van der Waals surface area contributed by atoms with Crippen LogP contribution in [0.15, 0.2) is 51.4 Å².